The molecule has 0 N–H and O–H groups in total. The molecular formula is C30H40O. The monoisotopic (exact) mass is 416 g/mol. The number of fused-ring (bicyclic) bond motifs is 1. The van der Waals surface area contributed by atoms with Crippen molar-refractivity contribution < 1.29 is 4.74 Å². The van der Waals surface area contributed by atoms with Gasteiger partial charge >= 0.3 is 0 Å². The minimum Gasteiger partial charge on any atom is -0.494 e. The van der Waals surface area contributed by atoms with Crippen molar-refractivity contribution in [2.24, 2.45) is 5.92 Å². The fourth-order valence-electron chi connectivity index (χ4n) is 5.76. The summed E-state index contributed by atoms with van der Waals surface area (Å²) in [6, 6.07) is 16.5. The van der Waals surface area contributed by atoms with Gasteiger partial charge < -0.3 is 4.74 Å². The zero-order chi connectivity index (χ0) is 21.5. The molecule has 0 aromatic heterocycles. The van der Waals surface area contributed by atoms with E-state index in [1.807, 2.05) is 6.08 Å². The van der Waals surface area contributed by atoms with Gasteiger partial charge in [-0.25, -0.2) is 0 Å². The zero-order valence-corrected chi connectivity index (χ0v) is 19.5. The number of rotatable bonds is 9. The molecule has 1 heteroatoms. The van der Waals surface area contributed by atoms with E-state index in [1.54, 1.807) is 5.56 Å². The van der Waals surface area contributed by atoms with E-state index in [0.717, 1.165) is 49.9 Å². The lowest BCUT2D eigenvalue weighted by Crippen LogP contribution is -2.14. The molecule has 166 valence electrons. The van der Waals surface area contributed by atoms with Crippen molar-refractivity contribution in [2.45, 2.75) is 89.4 Å². The van der Waals surface area contributed by atoms with E-state index in [-0.39, 0.29) is 0 Å². The molecular weight excluding hydrogens is 376 g/mol. The molecule has 4 rings (SSSR count). The first-order chi connectivity index (χ1) is 15.3. The Morgan fingerprint density at radius 3 is 2.35 bits per heavy atom. The SMILES string of the molecule is C=CCCCOc1ccc2c(c1)CCC(c1ccc(C3CCC(CCC)CC3)cc1)C2. The minimum atomic E-state index is 0.654. The third-order valence-corrected chi connectivity index (χ3v) is 7.65. The van der Waals surface area contributed by atoms with E-state index in [0.29, 0.717) is 5.92 Å². The van der Waals surface area contributed by atoms with Gasteiger partial charge in [-0.15, -0.1) is 6.58 Å². The Hall–Kier alpha value is -2.02. The normalized spacial score (nSPS) is 23.2. The van der Waals surface area contributed by atoms with Gasteiger partial charge in [0.25, 0.3) is 0 Å². The molecule has 0 aliphatic heterocycles. The van der Waals surface area contributed by atoms with Crippen molar-refractivity contribution in [1.82, 2.24) is 0 Å². The van der Waals surface area contributed by atoms with E-state index in [9.17, 15) is 0 Å². The highest BCUT2D eigenvalue weighted by atomic mass is 16.5. The largest absolute Gasteiger partial charge is 0.494 e. The van der Waals surface area contributed by atoms with Crippen LogP contribution in [0.25, 0.3) is 0 Å². The molecule has 2 aliphatic rings. The second-order valence-corrected chi connectivity index (χ2v) is 9.82. The number of allylic oxidation sites excluding steroid dienone is 1. The fraction of sp³-hybridized carbons (Fsp3) is 0.533. The second-order valence-electron chi connectivity index (χ2n) is 9.82. The third kappa shape index (κ3) is 5.82. The van der Waals surface area contributed by atoms with Crippen molar-refractivity contribution in [3.05, 3.63) is 77.4 Å². The van der Waals surface area contributed by atoms with Gasteiger partial charge in [0.15, 0.2) is 0 Å². The molecule has 1 saturated carbocycles. The van der Waals surface area contributed by atoms with Crippen LogP contribution in [0.2, 0.25) is 0 Å². The molecule has 0 heterocycles. The Labute approximate surface area is 189 Å². The predicted octanol–water partition coefficient (Wildman–Crippen LogP) is 8.38. The predicted molar refractivity (Wildman–Crippen MR) is 132 cm³/mol. The molecule has 2 aromatic rings. The molecule has 2 aromatic carbocycles. The molecule has 1 atom stereocenters. The molecule has 0 spiro atoms. The number of hydrogen-bond donors (Lipinski definition) is 0. The van der Waals surface area contributed by atoms with E-state index in [2.05, 4.69) is 56.0 Å². The van der Waals surface area contributed by atoms with Crippen LogP contribution in [-0.4, -0.2) is 6.61 Å². The standard InChI is InChI=1S/C30H40O/c1-3-5-6-20-31-30-19-18-28-21-27(16-17-29(28)22-30)26-14-12-25(13-15-26)24-10-8-23(7-4-2)9-11-24/h3,12-15,18-19,22-24,27H,1,4-11,16-17,20-21H2,2H3. The lowest BCUT2D eigenvalue weighted by atomic mass is 9.76. The topological polar surface area (TPSA) is 9.23 Å². The van der Waals surface area contributed by atoms with E-state index < -0.39 is 0 Å². The number of unbranched alkanes of at least 4 members (excludes halogenated alkanes) is 1. The Balaban J connectivity index is 1.32. The van der Waals surface area contributed by atoms with Gasteiger partial charge in [0.2, 0.25) is 0 Å². The maximum atomic E-state index is 5.93. The van der Waals surface area contributed by atoms with Crippen LogP contribution in [0, 0.1) is 5.92 Å². The molecule has 1 nitrogen and oxygen atoms in total. The third-order valence-electron chi connectivity index (χ3n) is 7.65. The first-order valence-electron chi connectivity index (χ1n) is 12.7. The Morgan fingerprint density at radius 2 is 1.65 bits per heavy atom. The van der Waals surface area contributed by atoms with Crippen LogP contribution >= 0.6 is 0 Å². The lowest BCUT2D eigenvalue weighted by Gasteiger charge is -2.29. The van der Waals surface area contributed by atoms with Gasteiger partial charge in [-0.05, 0) is 110 Å². The number of ether oxygens (including phenoxy) is 1. The van der Waals surface area contributed by atoms with Crippen LogP contribution in [0.15, 0.2) is 55.1 Å². The molecule has 31 heavy (non-hydrogen) atoms. The van der Waals surface area contributed by atoms with Crippen LogP contribution in [0.1, 0.15) is 98.8 Å². The average molecular weight is 417 g/mol. The molecule has 0 saturated heterocycles. The van der Waals surface area contributed by atoms with Gasteiger partial charge in [-0.3, -0.25) is 0 Å². The summed E-state index contributed by atoms with van der Waals surface area (Å²) in [5.74, 6) is 3.46. The molecule has 0 bridgehead atoms. The summed E-state index contributed by atoms with van der Waals surface area (Å²) in [7, 11) is 0. The Kier molecular flexibility index (Phi) is 7.89. The highest BCUT2D eigenvalue weighted by Crippen LogP contribution is 2.39. The quantitative estimate of drug-likeness (QED) is 0.294. The fourth-order valence-corrected chi connectivity index (χ4v) is 5.76. The average Bonchev–Trinajstić information content (AvgIpc) is 2.82. The first kappa shape index (κ1) is 22.2. The maximum absolute atomic E-state index is 5.93. The van der Waals surface area contributed by atoms with Crippen LogP contribution in [-0.2, 0) is 12.8 Å². The van der Waals surface area contributed by atoms with Gasteiger partial charge in [0.1, 0.15) is 5.75 Å². The van der Waals surface area contributed by atoms with E-state index in [4.69, 9.17) is 4.74 Å². The summed E-state index contributed by atoms with van der Waals surface area (Å²) in [6.45, 7) is 6.88. The summed E-state index contributed by atoms with van der Waals surface area (Å²) in [6.07, 6.45) is 16.0. The molecule has 2 aliphatic carbocycles. The first-order valence-corrected chi connectivity index (χ1v) is 12.7. The zero-order valence-electron chi connectivity index (χ0n) is 19.5. The molecule has 1 fully saturated rings. The Morgan fingerprint density at radius 1 is 0.903 bits per heavy atom. The highest BCUT2D eigenvalue weighted by molar-refractivity contribution is 5.40. The Bertz CT molecular complexity index is 826. The lowest BCUT2D eigenvalue weighted by molar-refractivity contribution is 0.308. The van der Waals surface area contributed by atoms with Crippen LogP contribution < -0.4 is 4.74 Å². The summed E-state index contributed by atoms with van der Waals surface area (Å²) >= 11 is 0. The summed E-state index contributed by atoms with van der Waals surface area (Å²) in [4.78, 5) is 0. The summed E-state index contributed by atoms with van der Waals surface area (Å²) in [5.41, 5.74) is 6.10. The van der Waals surface area contributed by atoms with Gasteiger partial charge in [0, 0.05) is 0 Å². The number of aryl methyl sites for hydroxylation is 1. The highest BCUT2D eigenvalue weighted by Gasteiger charge is 2.23. The molecule has 0 radical (unpaired) electrons. The van der Waals surface area contributed by atoms with Crippen LogP contribution in [0.4, 0.5) is 0 Å². The van der Waals surface area contributed by atoms with Gasteiger partial charge in [-0.1, -0.05) is 56.2 Å². The maximum Gasteiger partial charge on any atom is 0.119 e. The molecule has 0 amide bonds. The van der Waals surface area contributed by atoms with E-state index >= 15 is 0 Å². The van der Waals surface area contributed by atoms with Crippen molar-refractivity contribution in [1.29, 1.82) is 0 Å². The van der Waals surface area contributed by atoms with Crippen molar-refractivity contribution in [2.75, 3.05) is 6.61 Å². The molecule has 1 unspecified atom stereocenters. The number of benzene rings is 2. The van der Waals surface area contributed by atoms with Gasteiger partial charge in [-0.2, -0.15) is 0 Å². The summed E-state index contributed by atoms with van der Waals surface area (Å²) < 4.78 is 5.93. The van der Waals surface area contributed by atoms with E-state index in [1.165, 1.54) is 61.6 Å². The van der Waals surface area contributed by atoms with Crippen molar-refractivity contribution >= 4 is 0 Å². The van der Waals surface area contributed by atoms with Crippen molar-refractivity contribution in [3.63, 3.8) is 0 Å². The smallest absolute Gasteiger partial charge is 0.119 e. The minimum absolute atomic E-state index is 0.654. The number of hydrogen-bond acceptors (Lipinski definition) is 1. The second kappa shape index (κ2) is 11.0. The van der Waals surface area contributed by atoms with Crippen LogP contribution in [0.5, 0.6) is 5.75 Å². The van der Waals surface area contributed by atoms with Gasteiger partial charge in [0.05, 0.1) is 6.61 Å². The van der Waals surface area contributed by atoms with Crippen LogP contribution in [0.3, 0.4) is 0 Å². The summed E-state index contributed by atoms with van der Waals surface area (Å²) in [5, 5.41) is 0. The van der Waals surface area contributed by atoms with Crippen molar-refractivity contribution in [3.8, 4) is 5.75 Å².